The minimum atomic E-state index is -0.725. The van der Waals surface area contributed by atoms with Gasteiger partial charge in [-0.15, -0.1) is 0 Å². The van der Waals surface area contributed by atoms with Crippen LogP contribution in [0.15, 0.2) is 29.3 Å². The number of aliphatic imine (C=N–C) groups is 1. The lowest BCUT2D eigenvalue weighted by Gasteiger charge is -2.15. The maximum Gasteiger partial charge on any atom is 0.303 e. The van der Waals surface area contributed by atoms with Crippen LogP contribution in [0.4, 0.5) is 0 Å². The molecule has 3 rings (SSSR count). The van der Waals surface area contributed by atoms with Crippen molar-refractivity contribution in [3.8, 4) is 0 Å². The Kier molecular flexibility index (Phi) is 3.23. The van der Waals surface area contributed by atoms with Gasteiger partial charge in [0, 0.05) is 5.56 Å². The molecule has 0 bridgehead atoms. The predicted molar refractivity (Wildman–Crippen MR) is 71.5 cm³/mol. The Hall–Kier alpha value is -1.84. The van der Waals surface area contributed by atoms with Gasteiger partial charge in [-0.25, -0.2) is 4.99 Å². The molecule has 1 unspecified atom stereocenters. The van der Waals surface area contributed by atoms with Crippen LogP contribution >= 0.6 is 0 Å². The first-order chi connectivity index (χ1) is 9.24. The van der Waals surface area contributed by atoms with Crippen LogP contribution in [0.1, 0.15) is 36.3 Å². The number of nitrogens with zero attached hydrogens (tertiary/aromatic N) is 1. The quantitative estimate of drug-likeness (QED) is 0.883. The topological polar surface area (TPSA) is 58.9 Å². The molecule has 0 radical (unpaired) electrons. The molecule has 2 aliphatic rings. The molecule has 1 aliphatic heterocycles. The molecule has 0 saturated heterocycles. The van der Waals surface area contributed by atoms with Crippen molar-refractivity contribution in [1.29, 1.82) is 0 Å². The summed E-state index contributed by atoms with van der Waals surface area (Å²) in [6.45, 7) is 1.35. The second-order valence-corrected chi connectivity index (χ2v) is 5.20. The standard InChI is InChI=1S/C15H17NO3/c17-14(18)9-13(10-4-5-10)11-2-1-3-12(8-11)15-16-6-7-19-15/h1-3,8,10,13H,4-7,9H2,(H,17,18). The van der Waals surface area contributed by atoms with Gasteiger partial charge in [-0.2, -0.15) is 0 Å². The zero-order chi connectivity index (χ0) is 13.2. The highest BCUT2D eigenvalue weighted by molar-refractivity contribution is 5.95. The second kappa shape index (κ2) is 5.03. The molecule has 4 nitrogen and oxygen atoms in total. The number of aliphatic carboxylic acids is 1. The van der Waals surface area contributed by atoms with E-state index in [0.717, 1.165) is 24.0 Å². The molecule has 1 aromatic rings. The summed E-state index contributed by atoms with van der Waals surface area (Å²) in [4.78, 5) is 15.3. The Balaban J connectivity index is 1.86. The van der Waals surface area contributed by atoms with Gasteiger partial charge in [0.25, 0.3) is 0 Å². The van der Waals surface area contributed by atoms with Crippen LogP contribution in [0, 0.1) is 5.92 Å². The van der Waals surface area contributed by atoms with E-state index in [4.69, 9.17) is 9.84 Å². The van der Waals surface area contributed by atoms with Crippen molar-refractivity contribution in [2.24, 2.45) is 10.9 Å². The van der Waals surface area contributed by atoms with E-state index in [1.807, 2.05) is 24.3 Å². The summed E-state index contributed by atoms with van der Waals surface area (Å²) in [5, 5.41) is 9.05. The predicted octanol–water partition coefficient (Wildman–Crippen LogP) is 2.43. The number of hydrogen-bond acceptors (Lipinski definition) is 3. The van der Waals surface area contributed by atoms with Crippen LogP contribution in [0.2, 0.25) is 0 Å². The molecule has 19 heavy (non-hydrogen) atoms. The molecular weight excluding hydrogens is 242 g/mol. The Morgan fingerprint density at radius 2 is 2.32 bits per heavy atom. The molecule has 0 spiro atoms. The Morgan fingerprint density at radius 3 is 2.95 bits per heavy atom. The lowest BCUT2D eigenvalue weighted by atomic mass is 9.90. The highest BCUT2D eigenvalue weighted by Crippen LogP contribution is 2.44. The van der Waals surface area contributed by atoms with Crippen LogP contribution in [0.3, 0.4) is 0 Å². The van der Waals surface area contributed by atoms with Crippen molar-refractivity contribution in [1.82, 2.24) is 0 Å². The summed E-state index contributed by atoms with van der Waals surface area (Å²) < 4.78 is 5.46. The first-order valence-electron chi connectivity index (χ1n) is 6.73. The van der Waals surface area contributed by atoms with Crippen molar-refractivity contribution in [2.45, 2.75) is 25.2 Å². The molecule has 1 aliphatic carbocycles. The normalized spacial score (nSPS) is 19.7. The lowest BCUT2D eigenvalue weighted by molar-refractivity contribution is -0.137. The third-order valence-electron chi connectivity index (χ3n) is 3.73. The van der Waals surface area contributed by atoms with Crippen LogP contribution < -0.4 is 0 Å². The van der Waals surface area contributed by atoms with Crippen molar-refractivity contribution in [3.63, 3.8) is 0 Å². The highest BCUT2D eigenvalue weighted by Gasteiger charge is 2.33. The summed E-state index contributed by atoms with van der Waals surface area (Å²) in [7, 11) is 0. The summed E-state index contributed by atoms with van der Waals surface area (Å²) in [5.74, 6) is 0.612. The largest absolute Gasteiger partial charge is 0.481 e. The molecule has 1 aromatic carbocycles. The van der Waals surface area contributed by atoms with Crippen molar-refractivity contribution in [3.05, 3.63) is 35.4 Å². The molecule has 4 heteroatoms. The van der Waals surface area contributed by atoms with Gasteiger partial charge in [-0.1, -0.05) is 12.1 Å². The van der Waals surface area contributed by atoms with Crippen LogP contribution in [-0.2, 0) is 9.53 Å². The van der Waals surface area contributed by atoms with E-state index < -0.39 is 5.97 Å². The van der Waals surface area contributed by atoms with Crippen molar-refractivity contribution < 1.29 is 14.6 Å². The van der Waals surface area contributed by atoms with E-state index in [2.05, 4.69) is 4.99 Å². The fourth-order valence-electron chi connectivity index (χ4n) is 2.66. The van der Waals surface area contributed by atoms with E-state index in [9.17, 15) is 4.79 Å². The minimum Gasteiger partial charge on any atom is -0.481 e. The minimum absolute atomic E-state index is 0.124. The van der Waals surface area contributed by atoms with Crippen molar-refractivity contribution >= 4 is 11.9 Å². The van der Waals surface area contributed by atoms with E-state index in [0.29, 0.717) is 25.0 Å². The zero-order valence-electron chi connectivity index (χ0n) is 10.7. The first-order valence-corrected chi connectivity index (χ1v) is 6.73. The zero-order valence-corrected chi connectivity index (χ0v) is 10.7. The number of ether oxygens (including phenoxy) is 1. The van der Waals surface area contributed by atoms with Gasteiger partial charge in [0.05, 0.1) is 13.0 Å². The molecule has 1 saturated carbocycles. The summed E-state index contributed by atoms with van der Waals surface area (Å²) in [6.07, 6.45) is 2.49. The fourth-order valence-corrected chi connectivity index (χ4v) is 2.66. The van der Waals surface area contributed by atoms with Gasteiger partial charge in [0.1, 0.15) is 6.61 Å². The van der Waals surface area contributed by atoms with Gasteiger partial charge in [-0.3, -0.25) is 4.79 Å². The molecule has 1 fully saturated rings. The Labute approximate surface area is 112 Å². The Bertz CT molecular complexity index is 520. The lowest BCUT2D eigenvalue weighted by Crippen LogP contribution is -2.10. The molecule has 1 heterocycles. The summed E-state index contributed by atoms with van der Waals surface area (Å²) >= 11 is 0. The van der Waals surface area contributed by atoms with Crippen molar-refractivity contribution in [2.75, 3.05) is 13.2 Å². The molecule has 0 amide bonds. The van der Waals surface area contributed by atoms with Crippen LogP contribution in [-0.4, -0.2) is 30.1 Å². The number of hydrogen-bond donors (Lipinski definition) is 1. The molecule has 1 atom stereocenters. The number of carboxylic acid groups (broad SMARTS) is 1. The maximum absolute atomic E-state index is 11.0. The third-order valence-corrected chi connectivity index (χ3v) is 3.73. The third kappa shape index (κ3) is 2.78. The SMILES string of the molecule is O=C(O)CC(c1cccc(C2=NCCO2)c1)C1CC1. The molecule has 1 N–H and O–H groups in total. The Morgan fingerprint density at radius 1 is 1.47 bits per heavy atom. The highest BCUT2D eigenvalue weighted by atomic mass is 16.5. The number of carbonyl (C=O) groups is 1. The first kappa shape index (κ1) is 12.2. The maximum atomic E-state index is 11.0. The van der Waals surface area contributed by atoms with Gasteiger partial charge in [-0.05, 0) is 42.4 Å². The molecule has 0 aromatic heterocycles. The smallest absolute Gasteiger partial charge is 0.303 e. The number of benzene rings is 1. The van der Waals surface area contributed by atoms with Crippen LogP contribution in [0.5, 0.6) is 0 Å². The van der Waals surface area contributed by atoms with Gasteiger partial charge < -0.3 is 9.84 Å². The average molecular weight is 259 g/mol. The number of carboxylic acids is 1. The second-order valence-electron chi connectivity index (χ2n) is 5.20. The van der Waals surface area contributed by atoms with E-state index in [1.54, 1.807) is 0 Å². The van der Waals surface area contributed by atoms with Crippen LogP contribution in [0.25, 0.3) is 0 Å². The van der Waals surface area contributed by atoms with E-state index in [1.165, 1.54) is 0 Å². The summed E-state index contributed by atoms with van der Waals surface area (Å²) in [6, 6.07) is 7.99. The molecule has 100 valence electrons. The van der Waals surface area contributed by atoms with Gasteiger partial charge in [0.15, 0.2) is 0 Å². The van der Waals surface area contributed by atoms with E-state index in [-0.39, 0.29) is 12.3 Å². The van der Waals surface area contributed by atoms with E-state index >= 15 is 0 Å². The average Bonchev–Trinajstić information content (AvgIpc) is 3.09. The summed E-state index contributed by atoms with van der Waals surface area (Å²) in [5.41, 5.74) is 2.06. The fraction of sp³-hybridized carbons (Fsp3) is 0.467. The molecular formula is C15H17NO3. The van der Waals surface area contributed by atoms with Gasteiger partial charge >= 0.3 is 5.97 Å². The monoisotopic (exact) mass is 259 g/mol. The number of rotatable bonds is 5. The van der Waals surface area contributed by atoms with Gasteiger partial charge in [0.2, 0.25) is 5.90 Å².